The molecular weight excluding hydrogens is 288 g/mol. The van der Waals surface area contributed by atoms with Crippen molar-refractivity contribution in [2.45, 2.75) is 5.03 Å². The predicted molar refractivity (Wildman–Crippen MR) is 73.1 cm³/mol. The van der Waals surface area contributed by atoms with Crippen molar-refractivity contribution < 1.29 is 8.42 Å². The Balaban J connectivity index is 2.41. The number of imidazole rings is 1. The molecule has 0 fully saturated rings. The first-order chi connectivity index (χ1) is 8.81. The second kappa shape index (κ2) is 4.63. The van der Waals surface area contributed by atoms with Gasteiger partial charge in [0.15, 0.2) is 5.03 Å². The van der Waals surface area contributed by atoms with Crippen LogP contribution in [-0.2, 0) is 24.1 Å². The van der Waals surface area contributed by atoms with E-state index in [-0.39, 0.29) is 15.8 Å². The van der Waals surface area contributed by atoms with Gasteiger partial charge in [0.1, 0.15) is 10.8 Å². The van der Waals surface area contributed by atoms with Crippen molar-refractivity contribution in [1.29, 1.82) is 0 Å². The van der Waals surface area contributed by atoms with Crippen molar-refractivity contribution in [2.75, 3.05) is 4.72 Å². The zero-order valence-electron chi connectivity index (χ0n) is 10.2. The normalized spacial score (nSPS) is 11.5. The molecule has 0 bridgehead atoms. The van der Waals surface area contributed by atoms with Crippen LogP contribution in [0, 0.1) is 0 Å². The number of nitrogens with two attached hydrogens (primary N) is 1. The SMILES string of the molecule is Cn1cnc(S(=O)(=O)Nc2c(C(N)=S)cnn2C)c1. The van der Waals surface area contributed by atoms with Crippen molar-refractivity contribution in [2.24, 2.45) is 19.8 Å². The van der Waals surface area contributed by atoms with Gasteiger partial charge in [0.05, 0.1) is 18.1 Å². The van der Waals surface area contributed by atoms with E-state index in [1.807, 2.05) is 0 Å². The van der Waals surface area contributed by atoms with Gasteiger partial charge in [-0.15, -0.1) is 0 Å². The van der Waals surface area contributed by atoms with E-state index in [2.05, 4.69) is 14.8 Å². The number of nitrogens with zero attached hydrogens (tertiary/aromatic N) is 4. The maximum absolute atomic E-state index is 12.1. The molecule has 2 aromatic heterocycles. The summed E-state index contributed by atoms with van der Waals surface area (Å²) < 4.78 is 29.5. The van der Waals surface area contributed by atoms with E-state index < -0.39 is 10.0 Å². The third kappa shape index (κ3) is 2.58. The molecule has 0 radical (unpaired) electrons. The van der Waals surface area contributed by atoms with E-state index in [0.717, 1.165) is 0 Å². The molecule has 0 saturated carbocycles. The molecule has 0 atom stereocenters. The number of thiocarbonyl (C=S) groups is 1. The molecule has 8 nitrogen and oxygen atoms in total. The molecule has 0 unspecified atom stereocenters. The second-order valence-corrected chi connectivity index (χ2v) is 5.95. The highest BCUT2D eigenvalue weighted by Crippen LogP contribution is 2.18. The molecule has 2 rings (SSSR count). The second-order valence-electron chi connectivity index (χ2n) is 3.88. The molecule has 0 spiro atoms. The van der Waals surface area contributed by atoms with Crippen LogP contribution < -0.4 is 10.5 Å². The van der Waals surface area contributed by atoms with E-state index in [1.54, 1.807) is 14.1 Å². The fourth-order valence-corrected chi connectivity index (χ4v) is 2.69. The highest BCUT2D eigenvalue weighted by Gasteiger charge is 2.21. The van der Waals surface area contributed by atoms with Crippen molar-refractivity contribution in [3.63, 3.8) is 0 Å². The molecule has 0 aliphatic rings. The number of hydrogen-bond donors (Lipinski definition) is 2. The monoisotopic (exact) mass is 300 g/mol. The Hall–Kier alpha value is -1.94. The van der Waals surface area contributed by atoms with Crippen molar-refractivity contribution in [3.8, 4) is 0 Å². The standard InChI is InChI=1S/C9H12N6O2S2/c1-14-4-7(11-5-14)19(16,17)13-9-6(8(10)18)3-12-15(9)2/h3-5,13H,1-2H3,(H2,10,18). The largest absolute Gasteiger partial charge is 0.389 e. The molecule has 10 heteroatoms. The Labute approximate surface area is 115 Å². The average molecular weight is 300 g/mol. The lowest BCUT2D eigenvalue weighted by molar-refractivity contribution is 0.597. The van der Waals surface area contributed by atoms with Gasteiger partial charge in [-0.05, 0) is 0 Å². The minimum Gasteiger partial charge on any atom is -0.389 e. The molecule has 3 N–H and O–H groups in total. The molecule has 0 aromatic carbocycles. The van der Waals surface area contributed by atoms with Crippen LogP contribution in [-0.4, -0.2) is 32.7 Å². The summed E-state index contributed by atoms with van der Waals surface area (Å²) >= 11 is 4.84. The summed E-state index contributed by atoms with van der Waals surface area (Å²) in [6.07, 6.45) is 4.18. The number of sulfonamides is 1. The van der Waals surface area contributed by atoms with E-state index >= 15 is 0 Å². The summed E-state index contributed by atoms with van der Waals surface area (Å²) in [7, 11) is -0.540. The molecule has 2 heterocycles. The first kappa shape index (κ1) is 13.5. The van der Waals surface area contributed by atoms with Gasteiger partial charge in [-0.25, -0.2) is 4.98 Å². The number of anilines is 1. The van der Waals surface area contributed by atoms with Crippen LogP contribution in [0.2, 0.25) is 0 Å². The Bertz CT molecular complexity index is 730. The Kier molecular flexibility index (Phi) is 3.28. The van der Waals surface area contributed by atoms with E-state index in [4.69, 9.17) is 18.0 Å². The number of nitrogens with one attached hydrogen (secondary N) is 1. The van der Waals surface area contributed by atoms with Crippen LogP contribution in [0.3, 0.4) is 0 Å². The fraction of sp³-hybridized carbons (Fsp3) is 0.222. The predicted octanol–water partition coefficient (Wildman–Crippen LogP) is -0.411. The lowest BCUT2D eigenvalue weighted by Crippen LogP contribution is -2.19. The lowest BCUT2D eigenvalue weighted by atomic mass is 10.3. The van der Waals surface area contributed by atoms with Gasteiger partial charge < -0.3 is 10.3 Å². The Morgan fingerprint density at radius 2 is 2.16 bits per heavy atom. The topological polar surface area (TPSA) is 108 Å². The highest BCUT2D eigenvalue weighted by molar-refractivity contribution is 7.92. The minimum atomic E-state index is -3.80. The number of rotatable bonds is 4. The maximum Gasteiger partial charge on any atom is 0.282 e. The summed E-state index contributed by atoms with van der Waals surface area (Å²) in [5, 5.41) is 3.82. The van der Waals surface area contributed by atoms with E-state index in [0.29, 0.717) is 5.56 Å². The van der Waals surface area contributed by atoms with Gasteiger partial charge in [0.2, 0.25) is 0 Å². The zero-order valence-corrected chi connectivity index (χ0v) is 11.9. The smallest absolute Gasteiger partial charge is 0.282 e. The summed E-state index contributed by atoms with van der Waals surface area (Å²) in [5.74, 6) is 0.207. The molecule has 102 valence electrons. The third-order valence-electron chi connectivity index (χ3n) is 2.39. The summed E-state index contributed by atoms with van der Waals surface area (Å²) in [6.45, 7) is 0. The van der Waals surface area contributed by atoms with Gasteiger partial charge in [-0.2, -0.15) is 13.5 Å². The molecule has 0 aliphatic heterocycles. The van der Waals surface area contributed by atoms with E-state index in [1.165, 1.54) is 28.0 Å². The minimum absolute atomic E-state index is 0.0619. The van der Waals surface area contributed by atoms with Gasteiger partial charge >= 0.3 is 0 Å². The molecule has 2 aromatic rings. The van der Waals surface area contributed by atoms with Gasteiger partial charge in [-0.1, -0.05) is 12.2 Å². The van der Waals surface area contributed by atoms with Crippen LogP contribution in [0.15, 0.2) is 23.7 Å². The summed E-state index contributed by atoms with van der Waals surface area (Å²) in [5.41, 5.74) is 5.87. The first-order valence-corrected chi connectivity index (χ1v) is 7.03. The van der Waals surface area contributed by atoms with Crippen LogP contribution in [0.1, 0.15) is 5.56 Å². The highest BCUT2D eigenvalue weighted by atomic mass is 32.2. The fourth-order valence-electron chi connectivity index (χ4n) is 1.45. The first-order valence-electron chi connectivity index (χ1n) is 5.14. The Morgan fingerprint density at radius 3 is 2.68 bits per heavy atom. The molecule has 0 aliphatic carbocycles. The quantitative estimate of drug-likeness (QED) is 0.743. The summed E-state index contributed by atoms with van der Waals surface area (Å²) in [4.78, 5) is 3.85. The van der Waals surface area contributed by atoms with Crippen molar-refractivity contribution in [1.82, 2.24) is 19.3 Å². The van der Waals surface area contributed by atoms with Crippen LogP contribution in [0.25, 0.3) is 0 Å². The molecule has 0 saturated heterocycles. The van der Waals surface area contributed by atoms with Gasteiger partial charge in [0, 0.05) is 20.3 Å². The lowest BCUT2D eigenvalue weighted by Gasteiger charge is -2.08. The maximum atomic E-state index is 12.1. The average Bonchev–Trinajstić information content (AvgIpc) is 2.87. The number of hydrogen-bond acceptors (Lipinski definition) is 5. The van der Waals surface area contributed by atoms with Crippen LogP contribution >= 0.6 is 12.2 Å². The Morgan fingerprint density at radius 1 is 1.47 bits per heavy atom. The van der Waals surface area contributed by atoms with Crippen molar-refractivity contribution in [3.05, 3.63) is 24.3 Å². The third-order valence-corrected chi connectivity index (χ3v) is 3.84. The van der Waals surface area contributed by atoms with Crippen LogP contribution in [0.5, 0.6) is 0 Å². The molecule has 0 amide bonds. The zero-order chi connectivity index (χ0) is 14.2. The molecule has 19 heavy (non-hydrogen) atoms. The summed E-state index contributed by atoms with van der Waals surface area (Å²) in [6, 6.07) is 0. The van der Waals surface area contributed by atoms with Crippen molar-refractivity contribution >= 4 is 33.0 Å². The number of aromatic nitrogens is 4. The van der Waals surface area contributed by atoms with E-state index in [9.17, 15) is 8.42 Å². The molecular formula is C9H12N6O2S2. The van der Waals surface area contributed by atoms with Crippen LogP contribution in [0.4, 0.5) is 5.82 Å². The van der Waals surface area contributed by atoms with Gasteiger partial charge in [0.25, 0.3) is 10.0 Å². The number of aryl methyl sites for hydroxylation is 2. The van der Waals surface area contributed by atoms with Gasteiger partial charge in [-0.3, -0.25) is 9.40 Å².